The maximum atomic E-state index is 5.95. The molecule has 3 aromatic heterocycles. The molecule has 7 nitrogen and oxygen atoms in total. The van der Waals surface area contributed by atoms with Crippen LogP contribution in [-0.2, 0) is 12.3 Å². The number of hydrogen-bond donors (Lipinski definition) is 0. The number of nitrogens with zero attached hydrogens (tertiary/aromatic N) is 6. The fourth-order valence-corrected chi connectivity index (χ4v) is 4.07. The molecule has 32 heavy (non-hydrogen) atoms. The van der Waals surface area contributed by atoms with Crippen molar-refractivity contribution < 1.29 is 4.52 Å². The van der Waals surface area contributed by atoms with E-state index in [-0.39, 0.29) is 0 Å². The topological polar surface area (TPSA) is 82.5 Å². The Kier molecular flexibility index (Phi) is 5.96. The van der Waals surface area contributed by atoms with Crippen LogP contribution in [0.2, 0.25) is 5.02 Å². The molecule has 0 spiro atoms. The number of hydrogen-bond acceptors (Lipinski definition) is 7. The van der Waals surface area contributed by atoms with Gasteiger partial charge in [-0.25, -0.2) is 0 Å². The van der Waals surface area contributed by atoms with Gasteiger partial charge in [0.2, 0.25) is 0 Å². The smallest absolute Gasteiger partial charge is 0.257 e. The van der Waals surface area contributed by atoms with Gasteiger partial charge in [0.05, 0.1) is 12.3 Å². The van der Waals surface area contributed by atoms with Crippen LogP contribution in [0, 0.1) is 0 Å². The quantitative estimate of drug-likeness (QED) is 0.301. The highest BCUT2D eigenvalue weighted by Gasteiger charge is 2.17. The summed E-state index contributed by atoms with van der Waals surface area (Å²) in [5.74, 6) is 2.30. The van der Waals surface area contributed by atoms with E-state index in [4.69, 9.17) is 16.1 Å². The van der Waals surface area contributed by atoms with Gasteiger partial charge in [0.25, 0.3) is 5.89 Å². The van der Waals surface area contributed by atoms with Crippen LogP contribution in [0.25, 0.3) is 22.8 Å². The van der Waals surface area contributed by atoms with E-state index >= 15 is 0 Å². The maximum absolute atomic E-state index is 5.95. The van der Waals surface area contributed by atoms with Gasteiger partial charge in [0.15, 0.2) is 16.8 Å². The van der Waals surface area contributed by atoms with Crippen LogP contribution in [0.15, 0.2) is 88.8 Å². The summed E-state index contributed by atoms with van der Waals surface area (Å²) in [6.45, 7) is 0.642. The predicted molar refractivity (Wildman–Crippen MR) is 123 cm³/mol. The first kappa shape index (κ1) is 20.4. The molecule has 0 aliphatic carbocycles. The molecule has 9 heteroatoms. The summed E-state index contributed by atoms with van der Waals surface area (Å²) in [6, 6.07) is 21.4. The zero-order valence-corrected chi connectivity index (χ0v) is 18.4. The first-order chi connectivity index (χ1) is 15.8. The summed E-state index contributed by atoms with van der Waals surface area (Å²) in [6.07, 6.45) is 3.53. The molecule has 3 heterocycles. The van der Waals surface area contributed by atoms with E-state index in [1.165, 1.54) is 11.8 Å². The molecule has 0 atom stereocenters. The third-order valence-electron chi connectivity index (χ3n) is 4.71. The Morgan fingerprint density at radius 1 is 0.906 bits per heavy atom. The van der Waals surface area contributed by atoms with Gasteiger partial charge < -0.3 is 4.52 Å². The summed E-state index contributed by atoms with van der Waals surface area (Å²) in [5.41, 5.74) is 2.89. The number of benzene rings is 2. The maximum Gasteiger partial charge on any atom is 0.257 e. The predicted octanol–water partition coefficient (Wildman–Crippen LogP) is 5.38. The minimum Gasteiger partial charge on any atom is -0.334 e. The molecule has 0 N–H and O–H groups in total. The van der Waals surface area contributed by atoms with Gasteiger partial charge in [-0.05, 0) is 42.0 Å². The molecule has 0 aliphatic rings. The van der Waals surface area contributed by atoms with Crippen LogP contribution >= 0.6 is 23.4 Å². The van der Waals surface area contributed by atoms with E-state index in [0.29, 0.717) is 29.0 Å². The van der Waals surface area contributed by atoms with Crippen molar-refractivity contribution in [2.75, 3.05) is 0 Å². The lowest BCUT2D eigenvalue weighted by Gasteiger charge is -2.10. The van der Waals surface area contributed by atoms with Crippen molar-refractivity contribution in [1.29, 1.82) is 0 Å². The number of halogens is 1. The molecule has 0 unspecified atom stereocenters. The van der Waals surface area contributed by atoms with Crippen LogP contribution in [-0.4, -0.2) is 29.9 Å². The van der Waals surface area contributed by atoms with Gasteiger partial charge in [-0.2, -0.15) is 4.98 Å². The fraction of sp³-hybridized carbons (Fsp3) is 0.0870. The molecule has 158 valence electrons. The molecule has 0 radical (unpaired) electrons. The first-order valence-electron chi connectivity index (χ1n) is 9.85. The molecule has 2 aromatic carbocycles. The molecular formula is C23H17ClN6OS. The minimum absolute atomic E-state index is 0.457. The second-order valence-corrected chi connectivity index (χ2v) is 8.31. The van der Waals surface area contributed by atoms with E-state index in [1.807, 2.05) is 42.5 Å². The zero-order chi connectivity index (χ0) is 21.8. The third-order valence-corrected chi connectivity index (χ3v) is 5.92. The van der Waals surface area contributed by atoms with Crippen molar-refractivity contribution in [3.05, 3.63) is 95.5 Å². The van der Waals surface area contributed by atoms with Crippen molar-refractivity contribution in [3.63, 3.8) is 0 Å². The van der Waals surface area contributed by atoms with E-state index in [2.05, 4.69) is 42.0 Å². The molecule has 0 saturated carbocycles. The van der Waals surface area contributed by atoms with Crippen LogP contribution in [0.3, 0.4) is 0 Å². The van der Waals surface area contributed by atoms with Crippen molar-refractivity contribution in [3.8, 4) is 22.8 Å². The van der Waals surface area contributed by atoms with Crippen LogP contribution in [0.1, 0.15) is 11.4 Å². The van der Waals surface area contributed by atoms with E-state index < -0.39 is 0 Å². The number of rotatable bonds is 7. The highest BCUT2D eigenvalue weighted by atomic mass is 35.5. The second-order valence-electron chi connectivity index (χ2n) is 6.93. The Morgan fingerprint density at radius 2 is 1.75 bits per heavy atom. The van der Waals surface area contributed by atoms with Gasteiger partial charge >= 0.3 is 0 Å². The summed E-state index contributed by atoms with van der Waals surface area (Å²) in [7, 11) is 0. The Bertz CT molecular complexity index is 1310. The van der Waals surface area contributed by atoms with Gasteiger partial charge in [-0.3, -0.25) is 9.55 Å². The summed E-state index contributed by atoms with van der Waals surface area (Å²) < 4.78 is 7.49. The normalized spacial score (nSPS) is 11.0. The average molecular weight is 461 g/mol. The second kappa shape index (κ2) is 9.33. The van der Waals surface area contributed by atoms with Gasteiger partial charge in [-0.15, -0.1) is 10.2 Å². The summed E-state index contributed by atoms with van der Waals surface area (Å²) >= 11 is 7.46. The Morgan fingerprint density at radius 3 is 2.53 bits per heavy atom. The highest BCUT2D eigenvalue weighted by Crippen LogP contribution is 2.27. The summed E-state index contributed by atoms with van der Waals surface area (Å²) in [5, 5.41) is 14.4. The largest absolute Gasteiger partial charge is 0.334 e. The van der Waals surface area contributed by atoms with Crippen molar-refractivity contribution in [2.45, 2.75) is 17.5 Å². The lowest BCUT2D eigenvalue weighted by atomic mass is 10.2. The molecular weight excluding hydrogens is 444 g/mol. The van der Waals surface area contributed by atoms with Crippen LogP contribution in [0.5, 0.6) is 0 Å². The van der Waals surface area contributed by atoms with Gasteiger partial charge in [-0.1, -0.05) is 58.9 Å². The molecule has 0 saturated heterocycles. The molecule has 5 rings (SSSR count). The number of aromatic nitrogens is 6. The molecule has 5 aromatic rings. The van der Waals surface area contributed by atoms with Crippen LogP contribution in [0.4, 0.5) is 0 Å². The number of thioether (sulfide) groups is 1. The molecule has 0 bridgehead atoms. The van der Waals surface area contributed by atoms with Gasteiger partial charge in [0.1, 0.15) is 0 Å². The van der Waals surface area contributed by atoms with Crippen molar-refractivity contribution in [1.82, 2.24) is 29.9 Å². The van der Waals surface area contributed by atoms with Crippen molar-refractivity contribution in [2.24, 2.45) is 0 Å². The van der Waals surface area contributed by atoms with E-state index in [9.17, 15) is 0 Å². The highest BCUT2D eigenvalue weighted by molar-refractivity contribution is 7.98. The lowest BCUT2D eigenvalue weighted by molar-refractivity contribution is 0.425. The Hall–Kier alpha value is -3.49. The fourth-order valence-electron chi connectivity index (χ4n) is 3.16. The Balaban J connectivity index is 1.39. The molecule has 0 amide bonds. The van der Waals surface area contributed by atoms with Gasteiger partial charge in [0, 0.05) is 28.5 Å². The molecule has 0 fully saturated rings. The third kappa shape index (κ3) is 4.56. The van der Waals surface area contributed by atoms with E-state index in [1.54, 1.807) is 24.5 Å². The van der Waals surface area contributed by atoms with E-state index in [0.717, 1.165) is 27.7 Å². The lowest BCUT2D eigenvalue weighted by Crippen LogP contribution is -2.04. The first-order valence-corrected chi connectivity index (χ1v) is 11.2. The molecule has 0 aliphatic heterocycles. The van der Waals surface area contributed by atoms with Crippen molar-refractivity contribution >= 4 is 23.4 Å². The minimum atomic E-state index is 0.457. The Labute approximate surface area is 193 Å². The zero-order valence-electron chi connectivity index (χ0n) is 16.8. The standard InChI is InChI=1S/C23H17ClN6OS/c24-19-10-8-17(9-11-19)22-26-20(29-31-22)15-32-23-28-27-21(18-7-4-12-25-13-18)30(23)14-16-5-2-1-3-6-16/h1-13H,14-15H2. The average Bonchev–Trinajstić information content (AvgIpc) is 3.47. The summed E-state index contributed by atoms with van der Waals surface area (Å²) in [4.78, 5) is 8.72. The van der Waals surface area contributed by atoms with Crippen LogP contribution < -0.4 is 0 Å². The number of pyridine rings is 1. The SMILES string of the molecule is Clc1ccc(-c2nc(CSc3nnc(-c4cccnc4)n3Cc3ccccc3)no2)cc1. The monoisotopic (exact) mass is 460 g/mol.